The molecule has 17 heavy (non-hydrogen) atoms. The van der Waals surface area contributed by atoms with Gasteiger partial charge in [-0.1, -0.05) is 6.07 Å². The molecule has 5 heteroatoms. The molecule has 1 aromatic carbocycles. The summed E-state index contributed by atoms with van der Waals surface area (Å²) in [6.07, 6.45) is 0.190. The largest absolute Gasteiger partial charge is 0.481 e. The van der Waals surface area contributed by atoms with Crippen molar-refractivity contribution in [2.45, 2.75) is 19.8 Å². The highest BCUT2D eigenvalue weighted by Gasteiger charge is 2.13. The molecule has 0 amide bonds. The molecule has 1 aromatic rings. The molecule has 0 spiro atoms. The summed E-state index contributed by atoms with van der Waals surface area (Å²) in [6, 6.07) is 3.93. The monoisotopic (exact) mass is 240 g/mol. The van der Waals surface area contributed by atoms with Gasteiger partial charge in [-0.25, -0.2) is 9.18 Å². The Labute approximate surface area is 98.0 Å². The van der Waals surface area contributed by atoms with Crippen molar-refractivity contribution in [3.05, 3.63) is 35.1 Å². The maximum Gasteiger partial charge on any atom is 0.341 e. The van der Waals surface area contributed by atoms with Gasteiger partial charge in [-0.05, 0) is 31.0 Å². The van der Waals surface area contributed by atoms with Crippen LogP contribution in [0.1, 0.15) is 29.3 Å². The van der Waals surface area contributed by atoms with Gasteiger partial charge in [0.1, 0.15) is 5.82 Å². The number of aryl methyl sites for hydroxylation is 1. The van der Waals surface area contributed by atoms with E-state index in [1.54, 1.807) is 6.92 Å². The summed E-state index contributed by atoms with van der Waals surface area (Å²) < 4.78 is 18.0. The normalized spacial score (nSPS) is 10.0. The molecule has 0 aliphatic heterocycles. The number of hydrogen-bond donors (Lipinski definition) is 1. The van der Waals surface area contributed by atoms with Crippen molar-refractivity contribution >= 4 is 11.9 Å². The minimum atomic E-state index is -0.938. The van der Waals surface area contributed by atoms with Crippen molar-refractivity contribution in [3.63, 3.8) is 0 Å². The molecule has 0 heterocycles. The molecule has 0 saturated heterocycles. The van der Waals surface area contributed by atoms with Crippen LogP contribution in [0, 0.1) is 5.82 Å². The summed E-state index contributed by atoms with van der Waals surface area (Å²) in [4.78, 5) is 21.8. The molecule has 4 nitrogen and oxygen atoms in total. The van der Waals surface area contributed by atoms with Gasteiger partial charge >= 0.3 is 11.9 Å². The predicted molar refractivity (Wildman–Crippen MR) is 58.3 cm³/mol. The smallest absolute Gasteiger partial charge is 0.341 e. The number of ether oxygens (including phenoxy) is 1. The summed E-state index contributed by atoms with van der Waals surface area (Å²) in [7, 11) is 0. The molecule has 1 rings (SSSR count). The Morgan fingerprint density at radius 3 is 2.71 bits per heavy atom. The van der Waals surface area contributed by atoms with Gasteiger partial charge in [-0.15, -0.1) is 0 Å². The van der Waals surface area contributed by atoms with Gasteiger partial charge in [0.05, 0.1) is 12.2 Å². The molecule has 0 aliphatic rings. The minimum absolute atomic E-state index is 0.0616. The minimum Gasteiger partial charge on any atom is -0.481 e. The number of halogens is 1. The van der Waals surface area contributed by atoms with Crippen LogP contribution in [0.5, 0.6) is 0 Å². The number of benzene rings is 1. The van der Waals surface area contributed by atoms with E-state index in [2.05, 4.69) is 0 Å². The molecule has 0 aliphatic carbocycles. The Morgan fingerprint density at radius 1 is 1.41 bits per heavy atom. The highest BCUT2D eigenvalue weighted by atomic mass is 19.1. The second-order valence-electron chi connectivity index (χ2n) is 3.43. The van der Waals surface area contributed by atoms with Gasteiger partial charge in [0, 0.05) is 6.42 Å². The number of esters is 1. The number of rotatable bonds is 5. The first-order valence-electron chi connectivity index (χ1n) is 5.22. The lowest BCUT2D eigenvalue weighted by Gasteiger charge is -2.05. The Morgan fingerprint density at radius 2 is 2.12 bits per heavy atom. The van der Waals surface area contributed by atoms with E-state index in [0.29, 0.717) is 5.56 Å². The second kappa shape index (κ2) is 5.98. The number of carbonyl (C=O) groups is 2. The van der Waals surface area contributed by atoms with Crippen LogP contribution in [0.4, 0.5) is 4.39 Å². The van der Waals surface area contributed by atoms with Crippen LogP contribution in [-0.4, -0.2) is 23.7 Å². The summed E-state index contributed by atoms with van der Waals surface area (Å²) in [5.74, 6) is -2.34. The molecule has 0 atom stereocenters. The Kier molecular flexibility index (Phi) is 4.63. The summed E-state index contributed by atoms with van der Waals surface area (Å²) in [5, 5.41) is 8.53. The van der Waals surface area contributed by atoms with Gasteiger partial charge in [0.15, 0.2) is 0 Å². The molecule has 0 bridgehead atoms. The van der Waals surface area contributed by atoms with Gasteiger partial charge in [-0.3, -0.25) is 4.79 Å². The van der Waals surface area contributed by atoms with E-state index >= 15 is 0 Å². The lowest BCUT2D eigenvalue weighted by atomic mass is 10.1. The molecule has 0 fully saturated rings. The zero-order valence-electron chi connectivity index (χ0n) is 9.40. The zero-order chi connectivity index (χ0) is 12.8. The third-order valence-corrected chi connectivity index (χ3v) is 2.15. The molecule has 0 aromatic heterocycles. The number of carboxylic acid groups (broad SMARTS) is 1. The molecular formula is C12H13FO4. The molecule has 0 saturated carbocycles. The van der Waals surface area contributed by atoms with E-state index in [4.69, 9.17) is 9.84 Å². The Hall–Kier alpha value is -1.91. The fraction of sp³-hybridized carbons (Fsp3) is 0.333. The van der Waals surface area contributed by atoms with Gasteiger partial charge < -0.3 is 9.84 Å². The average molecular weight is 240 g/mol. The molecule has 92 valence electrons. The topological polar surface area (TPSA) is 63.6 Å². The predicted octanol–water partition coefficient (Wildman–Crippen LogP) is 2.02. The average Bonchev–Trinajstić information content (AvgIpc) is 2.28. The third kappa shape index (κ3) is 3.86. The van der Waals surface area contributed by atoms with Crippen molar-refractivity contribution < 1.29 is 23.8 Å². The summed E-state index contributed by atoms with van der Waals surface area (Å²) >= 11 is 0. The van der Waals surface area contributed by atoms with E-state index in [1.807, 2.05) is 0 Å². The third-order valence-electron chi connectivity index (χ3n) is 2.15. The van der Waals surface area contributed by atoms with Crippen molar-refractivity contribution in [1.29, 1.82) is 0 Å². The van der Waals surface area contributed by atoms with Crippen LogP contribution in [0.3, 0.4) is 0 Å². The maximum absolute atomic E-state index is 13.3. The first kappa shape index (κ1) is 13.2. The van der Waals surface area contributed by atoms with E-state index in [9.17, 15) is 14.0 Å². The SMILES string of the molecule is CCOC(=O)c1cc(CCC(=O)O)ccc1F. The number of hydrogen-bond acceptors (Lipinski definition) is 3. The van der Waals surface area contributed by atoms with Crippen LogP contribution in [0.25, 0.3) is 0 Å². The van der Waals surface area contributed by atoms with Crippen LogP contribution in [0.15, 0.2) is 18.2 Å². The Bertz CT molecular complexity index is 429. The van der Waals surface area contributed by atoms with E-state index in [0.717, 1.165) is 6.07 Å². The molecule has 1 N–H and O–H groups in total. The van der Waals surface area contributed by atoms with Gasteiger partial charge in [0.25, 0.3) is 0 Å². The first-order valence-corrected chi connectivity index (χ1v) is 5.22. The fourth-order valence-corrected chi connectivity index (χ4v) is 1.34. The lowest BCUT2D eigenvalue weighted by Crippen LogP contribution is -2.08. The van der Waals surface area contributed by atoms with E-state index < -0.39 is 17.8 Å². The summed E-state index contributed by atoms with van der Waals surface area (Å²) in [6.45, 7) is 1.79. The quantitative estimate of drug-likeness (QED) is 0.800. The van der Waals surface area contributed by atoms with Crippen molar-refractivity contribution in [2.75, 3.05) is 6.61 Å². The second-order valence-corrected chi connectivity index (χ2v) is 3.43. The van der Waals surface area contributed by atoms with E-state index in [1.165, 1.54) is 12.1 Å². The lowest BCUT2D eigenvalue weighted by molar-refractivity contribution is -0.136. The highest BCUT2D eigenvalue weighted by Crippen LogP contribution is 2.13. The van der Waals surface area contributed by atoms with Crippen LogP contribution < -0.4 is 0 Å². The van der Waals surface area contributed by atoms with Crippen LogP contribution >= 0.6 is 0 Å². The molecule has 0 radical (unpaired) electrons. The van der Waals surface area contributed by atoms with Gasteiger partial charge in [0.2, 0.25) is 0 Å². The first-order chi connectivity index (χ1) is 8.04. The van der Waals surface area contributed by atoms with Crippen molar-refractivity contribution in [2.24, 2.45) is 0 Å². The Balaban J connectivity index is 2.86. The fourth-order valence-electron chi connectivity index (χ4n) is 1.34. The van der Waals surface area contributed by atoms with Crippen molar-refractivity contribution in [1.82, 2.24) is 0 Å². The van der Waals surface area contributed by atoms with E-state index in [-0.39, 0.29) is 25.0 Å². The van der Waals surface area contributed by atoms with Crippen LogP contribution in [0.2, 0.25) is 0 Å². The van der Waals surface area contributed by atoms with Gasteiger partial charge in [-0.2, -0.15) is 0 Å². The summed E-state index contributed by atoms with van der Waals surface area (Å²) in [5.41, 5.74) is 0.437. The number of carbonyl (C=O) groups excluding carboxylic acids is 1. The standard InChI is InChI=1S/C12H13FO4/c1-2-17-12(16)9-7-8(3-5-10(9)13)4-6-11(14)15/h3,5,7H,2,4,6H2,1H3,(H,14,15). The molecular weight excluding hydrogens is 227 g/mol. The zero-order valence-corrected chi connectivity index (χ0v) is 9.40. The highest BCUT2D eigenvalue weighted by molar-refractivity contribution is 5.89. The molecule has 0 unspecified atom stereocenters. The maximum atomic E-state index is 13.3. The van der Waals surface area contributed by atoms with Crippen LogP contribution in [-0.2, 0) is 16.0 Å². The number of aliphatic carboxylic acids is 1. The number of carboxylic acids is 1. The van der Waals surface area contributed by atoms with Crippen molar-refractivity contribution in [3.8, 4) is 0 Å².